The molecule has 0 bridgehead atoms. The van der Waals surface area contributed by atoms with Gasteiger partial charge in [-0.15, -0.1) is 6.42 Å². The van der Waals surface area contributed by atoms with E-state index in [1.807, 2.05) is 0 Å². The topological polar surface area (TPSA) is 9.23 Å². The van der Waals surface area contributed by atoms with Crippen molar-refractivity contribution in [1.82, 2.24) is 0 Å². The molecule has 0 aliphatic carbocycles. The van der Waals surface area contributed by atoms with Crippen LogP contribution in [0.5, 0.6) is 0 Å². The highest BCUT2D eigenvalue weighted by atomic mass is 79.9. The van der Waals surface area contributed by atoms with Crippen molar-refractivity contribution in [2.45, 2.75) is 38.5 Å². The first kappa shape index (κ1) is 13.0. The third-order valence-corrected chi connectivity index (χ3v) is 2.42. The van der Waals surface area contributed by atoms with Gasteiger partial charge >= 0.3 is 0 Å². The van der Waals surface area contributed by atoms with Gasteiger partial charge in [0.1, 0.15) is 6.61 Å². The van der Waals surface area contributed by atoms with Crippen molar-refractivity contribution in [3.63, 3.8) is 0 Å². The number of hydrogen-bond acceptors (Lipinski definition) is 1. The predicted octanol–water partition coefficient (Wildman–Crippen LogP) is 3.37. The van der Waals surface area contributed by atoms with E-state index < -0.39 is 0 Å². The molecule has 0 spiro atoms. The van der Waals surface area contributed by atoms with Gasteiger partial charge in [0.2, 0.25) is 0 Å². The summed E-state index contributed by atoms with van der Waals surface area (Å²) in [5.74, 6) is 2.46. The van der Waals surface area contributed by atoms with Gasteiger partial charge < -0.3 is 4.74 Å². The molecule has 76 valence electrons. The Morgan fingerprint density at radius 3 is 2.23 bits per heavy atom. The number of terminal acetylenes is 1. The van der Waals surface area contributed by atoms with Gasteiger partial charge in [0.05, 0.1) is 0 Å². The minimum absolute atomic E-state index is 0.462. The van der Waals surface area contributed by atoms with Crippen molar-refractivity contribution in [2.75, 3.05) is 18.5 Å². The first-order chi connectivity index (χ1) is 6.41. The zero-order valence-electron chi connectivity index (χ0n) is 8.23. The van der Waals surface area contributed by atoms with E-state index in [1.54, 1.807) is 0 Å². The molecule has 0 aromatic carbocycles. The Morgan fingerprint density at radius 2 is 1.62 bits per heavy atom. The molecule has 0 radical (unpaired) electrons. The molecule has 0 aliphatic rings. The van der Waals surface area contributed by atoms with Crippen LogP contribution in [0.4, 0.5) is 0 Å². The Labute approximate surface area is 90.4 Å². The summed E-state index contributed by atoms with van der Waals surface area (Å²) in [6.07, 6.45) is 12.8. The van der Waals surface area contributed by atoms with Crippen LogP contribution in [0.1, 0.15) is 38.5 Å². The Morgan fingerprint density at radius 1 is 1.00 bits per heavy atom. The summed E-state index contributed by atoms with van der Waals surface area (Å²) in [6.45, 7) is 1.28. The molecule has 0 heterocycles. The van der Waals surface area contributed by atoms with Crippen molar-refractivity contribution in [3.8, 4) is 12.3 Å². The minimum Gasteiger partial charge on any atom is -0.369 e. The fraction of sp³-hybridized carbons (Fsp3) is 0.818. The summed E-state index contributed by atoms with van der Waals surface area (Å²) in [4.78, 5) is 0. The molecule has 0 N–H and O–H groups in total. The Balaban J connectivity index is 2.80. The van der Waals surface area contributed by atoms with E-state index in [4.69, 9.17) is 11.2 Å². The van der Waals surface area contributed by atoms with E-state index in [2.05, 4.69) is 21.9 Å². The highest BCUT2D eigenvalue weighted by molar-refractivity contribution is 9.09. The highest BCUT2D eigenvalue weighted by Crippen LogP contribution is 2.06. The van der Waals surface area contributed by atoms with Gasteiger partial charge in [-0.2, -0.15) is 0 Å². The molecule has 0 unspecified atom stereocenters. The highest BCUT2D eigenvalue weighted by Gasteiger charge is 1.90. The number of hydrogen-bond donors (Lipinski definition) is 0. The Kier molecular flexibility index (Phi) is 12.0. The number of ether oxygens (including phenoxy) is 1. The van der Waals surface area contributed by atoms with Crippen LogP contribution in [-0.2, 0) is 4.74 Å². The summed E-state index contributed by atoms with van der Waals surface area (Å²) < 4.78 is 5.17. The molecule has 0 saturated carbocycles. The molecule has 1 nitrogen and oxygen atoms in total. The number of alkyl halides is 1. The fourth-order valence-electron chi connectivity index (χ4n) is 1.14. The van der Waals surface area contributed by atoms with Gasteiger partial charge in [0.15, 0.2) is 0 Å². The van der Waals surface area contributed by atoms with Crippen LogP contribution in [0.15, 0.2) is 0 Å². The quantitative estimate of drug-likeness (QED) is 0.345. The van der Waals surface area contributed by atoms with Gasteiger partial charge in [0, 0.05) is 11.9 Å². The zero-order valence-corrected chi connectivity index (χ0v) is 9.81. The first-order valence-electron chi connectivity index (χ1n) is 4.99. The second-order valence-corrected chi connectivity index (χ2v) is 3.86. The molecule has 0 aromatic heterocycles. The minimum atomic E-state index is 0.462. The molecule has 2 heteroatoms. The molecule has 0 rings (SSSR count). The van der Waals surface area contributed by atoms with Crippen molar-refractivity contribution in [1.29, 1.82) is 0 Å². The molecule has 13 heavy (non-hydrogen) atoms. The number of unbranched alkanes of at least 4 members (excludes halogenated alkanes) is 5. The van der Waals surface area contributed by atoms with Crippen LogP contribution in [0.2, 0.25) is 0 Å². The third kappa shape index (κ3) is 12.0. The van der Waals surface area contributed by atoms with Crippen LogP contribution < -0.4 is 0 Å². The van der Waals surface area contributed by atoms with Crippen LogP contribution in [0.3, 0.4) is 0 Å². The smallest absolute Gasteiger partial charge is 0.107 e. The van der Waals surface area contributed by atoms with Gasteiger partial charge in [-0.05, 0) is 12.8 Å². The lowest BCUT2D eigenvalue weighted by atomic mass is 10.1. The molecular weight excluding hydrogens is 228 g/mol. The van der Waals surface area contributed by atoms with E-state index in [0.717, 1.165) is 18.4 Å². The van der Waals surface area contributed by atoms with Crippen molar-refractivity contribution in [3.05, 3.63) is 0 Å². The SMILES string of the molecule is C#CCOCCCCCCCCBr. The second-order valence-electron chi connectivity index (χ2n) is 3.07. The average molecular weight is 247 g/mol. The first-order valence-corrected chi connectivity index (χ1v) is 6.11. The predicted molar refractivity (Wildman–Crippen MR) is 61.1 cm³/mol. The molecule has 0 fully saturated rings. The van der Waals surface area contributed by atoms with E-state index in [9.17, 15) is 0 Å². The molecule has 0 amide bonds. The Bertz CT molecular complexity index is 129. The number of rotatable bonds is 9. The lowest BCUT2D eigenvalue weighted by Crippen LogP contribution is -1.94. The molecular formula is C11H19BrO. The average Bonchev–Trinajstić information content (AvgIpc) is 2.16. The monoisotopic (exact) mass is 246 g/mol. The molecule has 0 saturated heterocycles. The summed E-state index contributed by atoms with van der Waals surface area (Å²) in [5.41, 5.74) is 0. The van der Waals surface area contributed by atoms with Gasteiger partial charge in [-0.1, -0.05) is 47.5 Å². The van der Waals surface area contributed by atoms with Gasteiger partial charge in [-0.3, -0.25) is 0 Å². The normalized spacial score (nSPS) is 9.85. The maximum atomic E-state index is 5.17. The van der Waals surface area contributed by atoms with Crippen LogP contribution in [-0.4, -0.2) is 18.5 Å². The maximum absolute atomic E-state index is 5.17. The lowest BCUT2D eigenvalue weighted by Gasteiger charge is -2.00. The zero-order chi connectivity index (χ0) is 9.78. The summed E-state index contributed by atoms with van der Waals surface area (Å²) in [7, 11) is 0. The van der Waals surface area contributed by atoms with Gasteiger partial charge in [0.25, 0.3) is 0 Å². The van der Waals surface area contributed by atoms with Gasteiger partial charge in [-0.25, -0.2) is 0 Å². The van der Waals surface area contributed by atoms with Crippen LogP contribution in [0, 0.1) is 12.3 Å². The summed E-state index contributed by atoms with van der Waals surface area (Å²) in [6, 6.07) is 0. The summed E-state index contributed by atoms with van der Waals surface area (Å²) in [5, 5.41) is 1.14. The fourth-order valence-corrected chi connectivity index (χ4v) is 1.53. The molecule has 0 atom stereocenters. The van der Waals surface area contributed by atoms with Crippen molar-refractivity contribution >= 4 is 15.9 Å². The van der Waals surface area contributed by atoms with Crippen molar-refractivity contribution in [2.24, 2.45) is 0 Å². The number of halogens is 1. The van der Waals surface area contributed by atoms with Crippen molar-refractivity contribution < 1.29 is 4.74 Å². The molecule has 0 aliphatic heterocycles. The Hall–Kier alpha value is 0. The van der Waals surface area contributed by atoms with E-state index in [-0.39, 0.29) is 0 Å². The van der Waals surface area contributed by atoms with E-state index in [1.165, 1.54) is 32.1 Å². The maximum Gasteiger partial charge on any atom is 0.107 e. The van der Waals surface area contributed by atoms with E-state index in [0.29, 0.717) is 6.61 Å². The molecule has 0 aromatic rings. The lowest BCUT2D eigenvalue weighted by molar-refractivity contribution is 0.162. The largest absolute Gasteiger partial charge is 0.369 e. The van der Waals surface area contributed by atoms with Crippen LogP contribution in [0.25, 0.3) is 0 Å². The summed E-state index contributed by atoms with van der Waals surface area (Å²) >= 11 is 3.42. The third-order valence-electron chi connectivity index (χ3n) is 1.86. The second kappa shape index (κ2) is 12.0. The van der Waals surface area contributed by atoms with Crippen LogP contribution >= 0.6 is 15.9 Å². The van der Waals surface area contributed by atoms with E-state index >= 15 is 0 Å². The standard InChI is InChI=1S/C11H19BrO/c1-2-10-13-11-8-6-4-3-5-7-9-12/h1H,3-11H2.